The predicted octanol–water partition coefficient (Wildman–Crippen LogP) is 2.17. The van der Waals surface area contributed by atoms with E-state index in [0.717, 1.165) is 24.2 Å². The highest BCUT2D eigenvalue weighted by atomic mass is 32.1. The third kappa shape index (κ3) is 3.66. The second-order valence-electron chi connectivity index (χ2n) is 6.32. The van der Waals surface area contributed by atoms with Gasteiger partial charge in [-0.15, -0.1) is 11.3 Å². The number of hydrogen-bond acceptors (Lipinski definition) is 6. The minimum Gasteiger partial charge on any atom is -0.455 e. The number of esters is 1. The Morgan fingerprint density at radius 2 is 2.20 bits per heavy atom. The lowest BCUT2D eigenvalue weighted by atomic mass is 9.81. The Hall–Kier alpha value is -2.40. The number of nitriles is 1. The fourth-order valence-electron chi connectivity index (χ4n) is 3.20. The minimum atomic E-state index is -0.768. The van der Waals surface area contributed by atoms with Crippen molar-refractivity contribution in [1.29, 1.82) is 5.26 Å². The number of hydrogen-bond donors (Lipinski definition) is 0. The van der Waals surface area contributed by atoms with Crippen LogP contribution in [0.2, 0.25) is 0 Å². The van der Waals surface area contributed by atoms with Crippen LogP contribution in [-0.4, -0.2) is 45.4 Å². The Morgan fingerprint density at radius 1 is 1.44 bits per heavy atom. The Kier molecular flexibility index (Phi) is 5.04. The number of amides is 1. The molecule has 0 atom stereocenters. The molecule has 0 bridgehead atoms. The first-order chi connectivity index (χ1) is 12.0. The molecular weight excluding hydrogens is 340 g/mol. The number of likely N-dealkylation sites (N-methyl/N-ethyl adjacent to an activating group) is 1. The summed E-state index contributed by atoms with van der Waals surface area (Å²) in [6.07, 6.45) is 7.96. The highest BCUT2D eigenvalue weighted by Gasteiger charge is 2.38. The number of carbonyl (C=O) groups is 2. The van der Waals surface area contributed by atoms with Crippen LogP contribution in [0.5, 0.6) is 0 Å². The molecule has 0 spiro atoms. The van der Waals surface area contributed by atoms with E-state index in [1.807, 2.05) is 16.0 Å². The summed E-state index contributed by atoms with van der Waals surface area (Å²) in [5, 5.41) is 11.4. The van der Waals surface area contributed by atoms with Crippen molar-refractivity contribution in [2.45, 2.75) is 44.1 Å². The molecule has 7 nitrogen and oxygen atoms in total. The van der Waals surface area contributed by atoms with Gasteiger partial charge in [-0.05, 0) is 12.8 Å². The monoisotopic (exact) mass is 360 g/mol. The number of imidazole rings is 1. The van der Waals surface area contributed by atoms with Crippen molar-refractivity contribution in [2.24, 2.45) is 0 Å². The van der Waals surface area contributed by atoms with Gasteiger partial charge in [-0.3, -0.25) is 14.0 Å². The third-order valence-corrected chi connectivity index (χ3v) is 5.50. The van der Waals surface area contributed by atoms with Gasteiger partial charge in [0.25, 0.3) is 5.91 Å². The number of thiazole rings is 1. The van der Waals surface area contributed by atoms with E-state index in [-0.39, 0.29) is 18.9 Å². The van der Waals surface area contributed by atoms with Crippen LogP contribution in [0.25, 0.3) is 4.96 Å². The smallest absolute Gasteiger partial charge is 0.312 e. The van der Waals surface area contributed by atoms with Crippen molar-refractivity contribution < 1.29 is 14.3 Å². The van der Waals surface area contributed by atoms with Crippen molar-refractivity contribution in [3.05, 3.63) is 23.5 Å². The van der Waals surface area contributed by atoms with Crippen molar-refractivity contribution in [1.82, 2.24) is 14.3 Å². The molecule has 1 amide bonds. The molecule has 1 saturated carbocycles. The SMILES string of the molecule is CN(C(=O)COC(=O)Cc1cn2ccsc2n1)C1(C#N)CCCCC1. The van der Waals surface area contributed by atoms with Crippen LogP contribution in [0, 0.1) is 11.3 Å². The standard InChI is InChI=1S/C17H20N4O3S/c1-20(17(12-18)5-3-2-4-6-17)14(22)11-24-15(23)9-13-10-21-7-8-25-16(21)19-13/h7-8,10H,2-6,9,11H2,1H3. The summed E-state index contributed by atoms with van der Waals surface area (Å²) in [4.78, 5) is 30.9. The molecule has 0 unspecified atom stereocenters. The van der Waals surface area contributed by atoms with Crippen LogP contribution in [-0.2, 0) is 20.7 Å². The van der Waals surface area contributed by atoms with Gasteiger partial charge in [0.2, 0.25) is 0 Å². The van der Waals surface area contributed by atoms with Crippen LogP contribution in [0.4, 0.5) is 0 Å². The summed E-state index contributed by atoms with van der Waals surface area (Å²) < 4.78 is 6.94. The molecule has 0 N–H and O–H groups in total. The van der Waals surface area contributed by atoms with Gasteiger partial charge < -0.3 is 9.64 Å². The Morgan fingerprint density at radius 3 is 2.88 bits per heavy atom. The molecule has 0 aromatic carbocycles. The minimum absolute atomic E-state index is 0.0226. The van der Waals surface area contributed by atoms with Crippen LogP contribution in [0.15, 0.2) is 17.8 Å². The highest BCUT2D eigenvalue weighted by Crippen LogP contribution is 2.32. The zero-order valence-corrected chi connectivity index (χ0v) is 14.9. The maximum absolute atomic E-state index is 12.3. The molecule has 0 radical (unpaired) electrons. The van der Waals surface area contributed by atoms with Crippen LogP contribution in [0.3, 0.4) is 0 Å². The van der Waals surface area contributed by atoms with Gasteiger partial charge in [-0.1, -0.05) is 19.3 Å². The van der Waals surface area contributed by atoms with E-state index in [1.54, 1.807) is 13.2 Å². The van der Waals surface area contributed by atoms with Gasteiger partial charge in [0.05, 0.1) is 18.2 Å². The molecule has 2 aromatic heterocycles. The summed E-state index contributed by atoms with van der Waals surface area (Å²) >= 11 is 1.48. The van der Waals surface area contributed by atoms with Crippen LogP contribution in [0.1, 0.15) is 37.8 Å². The average molecular weight is 360 g/mol. The van der Waals surface area contributed by atoms with E-state index in [9.17, 15) is 14.9 Å². The Labute approximate surface area is 149 Å². The van der Waals surface area contributed by atoms with Crippen molar-refractivity contribution in [3.8, 4) is 6.07 Å². The maximum atomic E-state index is 12.3. The summed E-state index contributed by atoms with van der Waals surface area (Å²) in [6.45, 7) is -0.346. The fourth-order valence-corrected chi connectivity index (χ4v) is 3.92. The molecule has 1 aliphatic carbocycles. The van der Waals surface area contributed by atoms with E-state index in [0.29, 0.717) is 18.5 Å². The van der Waals surface area contributed by atoms with Gasteiger partial charge >= 0.3 is 5.97 Å². The fraction of sp³-hybridized carbons (Fsp3) is 0.529. The lowest BCUT2D eigenvalue weighted by Crippen LogP contribution is -2.51. The van der Waals surface area contributed by atoms with Gasteiger partial charge in [-0.25, -0.2) is 4.98 Å². The Balaban J connectivity index is 1.53. The highest BCUT2D eigenvalue weighted by molar-refractivity contribution is 7.15. The quantitative estimate of drug-likeness (QED) is 0.763. The maximum Gasteiger partial charge on any atom is 0.312 e. The number of nitrogens with zero attached hydrogens (tertiary/aromatic N) is 4. The first kappa shape index (κ1) is 17.4. The summed E-state index contributed by atoms with van der Waals surface area (Å²) in [7, 11) is 1.62. The van der Waals surface area contributed by atoms with Crippen LogP contribution < -0.4 is 0 Å². The first-order valence-electron chi connectivity index (χ1n) is 8.29. The van der Waals surface area contributed by atoms with Crippen molar-refractivity contribution in [2.75, 3.05) is 13.7 Å². The van der Waals surface area contributed by atoms with Gasteiger partial charge in [0, 0.05) is 24.8 Å². The third-order valence-electron chi connectivity index (χ3n) is 4.73. The van der Waals surface area contributed by atoms with Gasteiger partial charge in [0.1, 0.15) is 5.54 Å². The molecule has 3 rings (SSSR count). The van der Waals surface area contributed by atoms with Crippen molar-refractivity contribution in [3.63, 3.8) is 0 Å². The van der Waals surface area contributed by atoms with E-state index in [2.05, 4.69) is 11.1 Å². The Bertz CT molecular complexity index is 785. The summed E-state index contributed by atoms with van der Waals surface area (Å²) in [5.74, 6) is -0.843. The number of rotatable bonds is 5. The molecule has 132 valence electrons. The molecule has 0 aliphatic heterocycles. The number of carbonyl (C=O) groups excluding carboxylic acids is 2. The zero-order chi connectivity index (χ0) is 17.9. The van der Waals surface area contributed by atoms with E-state index < -0.39 is 11.5 Å². The normalized spacial score (nSPS) is 16.3. The predicted molar refractivity (Wildman–Crippen MR) is 91.9 cm³/mol. The van der Waals surface area contributed by atoms with Crippen molar-refractivity contribution >= 4 is 28.2 Å². The molecule has 2 heterocycles. The van der Waals surface area contributed by atoms with E-state index in [4.69, 9.17) is 4.74 Å². The second-order valence-corrected chi connectivity index (χ2v) is 7.19. The second kappa shape index (κ2) is 7.23. The average Bonchev–Trinajstić information content (AvgIpc) is 3.21. The lowest BCUT2D eigenvalue weighted by Gasteiger charge is -2.38. The first-order valence-corrected chi connectivity index (χ1v) is 9.17. The van der Waals surface area contributed by atoms with E-state index in [1.165, 1.54) is 16.2 Å². The molecule has 8 heteroatoms. The summed E-state index contributed by atoms with van der Waals surface area (Å²) in [6, 6.07) is 2.29. The molecule has 2 aromatic rings. The largest absolute Gasteiger partial charge is 0.455 e. The lowest BCUT2D eigenvalue weighted by molar-refractivity contribution is -0.153. The van der Waals surface area contributed by atoms with E-state index >= 15 is 0 Å². The summed E-state index contributed by atoms with van der Waals surface area (Å²) in [5.41, 5.74) is -0.158. The van der Waals surface area contributed by atoms with Crippen LogP contribution >= 0.6 is 11.3 Å². The molecular formula is C17H20N4O3S. The molecule has 25 heavy (non-hydrogen) atoms. The topological polar surface area (TPSA) is 87.7 Å². The molecule has 1 fully saturated rings. The van der Waals surface area contributed by atoms with Gasteiger partial charge in [0.15, 0.2) is 11.6 Å². The number of ether oxygens (including phenoxy) is 1. The number of aromatic nitrogens is 2. The van der Waals surface area contributed by atoms with Gasteiger partial charge in [-0.2, -0.15) is 5.26 Å². The number of fused-ring (bicyclic) bond motifs is 1. The molecule has 1 aliphatic rings. The molecule has 0 saturated heterocycles. The zero-order valence-electron chi connectivity index (χ0n) is 14.1.